The Bertz CT molecular complexity index is 1330. The summed E-state index contributed by atoms with van der Waals surface area (Å²) in [7, 11) is 5.53. The molecule has 2 aromatic carbocycles. The van der Waals surface area contributed by atoms with Crippen LogP contribution in [0.1, 0.15) is 31.2 Å². The molecule has 0 spiro atoms. The summed E-state index contributed by atoms with van der Waals surface area (Å²) in [6.45, 7) is 4.06. The van der Waals surface area contributed by atoms with E-state index in [1.165, 1.54) is 5.56 Å². The van der Waals surface area contributed by atoms with Gasteiger partial charge in [-0.15, -0.1) is 0 Å². The first kappa shape index (κ1) is 33.5. The van der Waals surface area contributed by atoms with E-state index in [1.807, 2.05) is 24.3 Å². The van der Waals surface area contributed by atoms with Gasteiger partial charge in [0.15, 0.2) is 11.5 Å². The van der Waals surface area contributed by atoms with Crippen molar-refractivity contribution in [2.24, 2.45) is 0 Å². The number of likely N-dealkylation sites (N-methyl/N-ethyl adjacent to an activating group) is 1. The number of aliphatic carboxylic acids is 1. The molecule has 3 fully saturated rings. The maximum absolute atomic E-state index is 12.9. The summed E-state index contributed by atoms with van der Waals surface area (Å²) < 4.78 is 48.2. The zero-order valence-electron chi connectivity index (χ0n) is 24.9. The molecule has 2 aliphatic heterocycles. The van der Waals surface area contributed by atoms with Gasteiger partial charge in [-0.3, -0.25) is 0 Å². The van der Waals surface area contributed by atoms with Crippen LogP contribution in [-0.2, 0) is 14.9 Å². The highest BCUT2D eigenvalue weighted by Gasteiger charge is 2.50. The second-order valence-corrected chi connectivity index (χ2v) is 11.5. The van der Waals surface area contributed by atoms with Crippen molar-refractivity contribution < 1.29 is 42.1 Å². The van der Waals surface area contributed by atoms with Gasteiger partial charge in [0.1, 0.15) is 0 Å². The molecule has 2 aromatic rings. The van der Waals surface area contributed by atoms with E-state index in [0.29, 0.717) is 30.0 Å². The molecular weight excluding hydrogens is 605 g/mol. The zero-order chi connectivity index (χ0) is 32.1. The van der Waals surface area contributed by atoms with Crippen LogP contribution in [0.3, 0.4) is 0 Å². The molecule has 2 amide bonds. The molecule has 0 unspecified atom stereocenters. The molecule has 3 atom stereocenters. The highest BCUT2D eigenvalue weighted by atomic mass is 35.5. The number of fused-ring (bicyclic) bond motifs is 1. The monoisotopic (exact) mass is 642 g/mol. The van der Waals surface area contributed by atoms with Crippen LogP contribution in [0.2, 0.25) is 5.02 Å². The minimum Gasteiger partial charge on any atom is -0.493 e. The van der Waals surface area contributed by atoms with Gasteiger partial charge < -0.3 is 39.8 Å². The van der Waals surface area contributed by atoms with Gasteiger partial charge in [-0.05, 0) is 75.2 Å². The van der Waals surface area contributed by atoms with E-state index in [2.05, 4.69) is 39.6 Å². The molecule has 5 rings (SSSR count). The number of methoxy groups -OCH3 is 2. The van der Waals surface area contributed by atoms with Gasteiger partial charge in [0, 0.05) is 36.3 Å². The van der Waals surface area contributed by atoms with Crippen LogP contribution in [0.25, 0.3) is 0 Å². The number of nitrogens with zero attached hydrogens (tertiary/aromatic N) is 2. The SMILES string of the molecule is COc1ccc([C@@]23CC[C@@H](NC(=O)Nc4ccc(N5CCOCC5)c(Cl)c4)C[C@@H]2N(C)CC3)cc1OC.O=C(O)C(F)(F)F. The van der Waals surface area contributed by atoms with Gasteiger partial charge in [0.25, 0.3) is 0 Å². The van der Waals surface area contributed by atoms with E-state index >= 15 is 0 Å². The first-order chi connectivity index (χ1) is 20.9. The quantitative estimate of drug-likeness (QED) is 0.397. The molecule has 3 aliphatic rings. The standard InChI is InChI=1S/C28H37ClN4O4.C2HF3O2/c1-32-11-10-28(19-4-7-24(35-2)25(16-19)36-3)9-8-21(18-26(28)32)31-27(34)30-20-5-6-23(22(29)17-20)33-12-14-37-15-13-33;3-2(4,5)1(6)7/h4-7,16-17,21,26H,8-15,18H2,1-3H3,(H2,30,31,34);(H,6,7)/t21-,26+,28+;/m1./s1. The van der Waals surface area contributed by atoms with Crippen molar-refractivity contribution in [3.8, 4) is 11.5 Å². The minimum atomic E-state index is -5.08. The zero-order valence-corrected chi connectivity index (χ0v) is 25.6. The van der Waals surface area contributed by atoms with Crippen molar-refractivity contribution in [1.29, 1.82) is 0 Å². The summed E-state index contributed by atoms with van der Waals surface area (Å²) >= 11 is 6.55. The van der Waals surface area contributed by atoms with E-state index in [0.717, 1.165) is 62.5 Å². The summed E-state index contributed by atoms with van der Waals surface area (Å²) in [5.74, 6) is -1.25. The van der Waals surface area contributed by atoms with Crippen LogP contribution in [0.4, 0.5) is 29.3 Å². The average molecular weight is 643 g/mol. The Kier molecular flexibility index (Phi) is 10.7. The van der Waals surface area contributed by atoms with Crippen molar-refractivity contribution in [2.45, 2.75) is 49.4 Å². The summed E-state index contributed by atoms with van der Waals surface area (Å²) in [5.41, 5.74) is 3.00. The number of halogens is 4. The Hall–Kier alpha value is -3.42. The van der Waals surface area contributed by atoms with Gasteiger partial charge in [-0.25, -0.2) is 9.59 Å². The molecule has 3 N–H and O–H groups in total. The van der Waals surface area contributed by atoms with Crippen molar-refractivity contribution in [3.05, 3.63) is 47.0 Å². The Balaban J connectivity index is 0.000000566. The van der Waals surface area contributed by atoms with Crippen LogP contribution in [0.5, 0.6) is 11.5 Å². The molecule has 242 valence electrons. The van der Waals surface area contributed by atoms with Gasteiger partial charge >= 0.3 is 18.2 Å². The fourth-order valence-corrected chi connectivity index (χ4v) is 6.69. The number of benzene rings is 2. The number of urea groups is 1. The molecular formula is C30H38ClF3N4O6. The van der Waals surface area contributed by atoms with Crippen molar-refractivity contribution in [1.82, 2.24) is 10.2 Å². The molecule has 1 saturated carbocycles. The number of alkyl halides is 3. The normalized spacial score (nSPS) is 23.6. The molecule has 0 radical (unpaired) electrons. The van der Waals surface area contributed by atoms with Crippen molar-refractivity contribution in [2.75, 3.05) is 64.3 Å². The summed E-state index contributed by atoms with van der Waals surface area (Å²) in [5, 5.41) is 13.9. The van der Waals surface area contributed by atoms with E-state index in [-0.39, 0.29) is 17.5 Å². The second kappa shape index (κ2) is 14.1. The lowest BCUT2D eigenvalue weighted by Gasteiger charge is -2.45. The molecule has 2 heterocycles. The maximum atomic E-state index is 12.9. The molecule has 2 saturated heterocycles. The van der Waals surface area contributed by atoms with Gasteiger partial charge in [-0.1, -0.05) is 17.7 Å². The third-order valence-corrected chi connectivity index (χ3v) is 8.92. The number of ether oxygens (including phenoxy) is 3. The van der Waals surface area contributed by atoms with E-state index in [1.54, 1.807) is 14.2 Å². The number of carboxylic acids is 1. The Morgan fingerprint density at radius 2 is 1.73 bits per heavy atom. The number of carbonyl (C=O) groups is 2. The number of rotatable bonds is 6. The maximum Gasteiger partial charge on any atom is 0.490 e. The number of hydrogen-bond acceptors (Lipinski definition) is 7. The first-order valence-electron chi connectivity index (χ1n) is 14.3. The van der Waals surface area contributed by atoms with Crippen molar-refractivity contribution >= 4 is 35.0 Å². The molecule has 1 aliphatic carbocycles. The van der Waals surface area contributed by atoms with Gasteiger partial charge in [-0.2, -0.15) is 13.2 Å². The van der Waals surface area contributed by atoms with Crippen LogP contribution in [0.15, 0.2) is 36.4 Å². The number of nitrogens with one attached hydrogen (secondary N) is 2. The third-order valence-electron chi connectivity index (χ3n) is 8.62. The summed E-state index contributed by atoms with van der Waals surface area (Å²) in [6, 6.07) is 12.3. The van der Waals surface area contributed by atoms with E-state index in [4.69, 9.17) is 35.7 Å². The number of carboxylic acid groups (broad SMARTS) is 1. The number of amides is 2. The largest absolute Gasteiger partial charge is 0.493 e. The van der Waals surface area contributed by atoms with Crippen LogP contribution < -0.4 is 25.0 Å². The Labute approximate surface area is 259 Å². The summed E-state index contributed by atoms with van der Waals surface area (Å²) in [4.78, 5) is 26.5. The molecule has 0 aromatic heterocycles. The first-order valence-corrected chi connectivity index (χ1v) is 14.7. The molecule has 44 heavy (non-hydrogen) atoms. The average Bonchev–Trinajstić information content (AvgIpc) is 3.33. The smallest absolute Gasteiger partial charge is 0.490 e. The number of anilines is 2. The highest BCUT2D eigenvalue weighted by molar-refractivity contribution is 6.33. The lowest BCUT2D eigenvalue weighted by Crippen LogP contribution is -2.52. The second-order valence-electron chi connectivity index (χ2n) is 11.1. The predicted octanol–water partition coefficient (Wildman–Crippen LogP) is 5.14. The Morgan fingerprint density at radius 1 is 1.05 bits per heavy atom. The molecule has 14 heteroatoms. The van der Waals surface area contributed by atoms with Crippen LogP contribution in [0, 0.1) is 0 Å². The van der Waals surface area contributed by atoms with Crippen LogP contribution in [-0.4, -0.2) is 94.4 Å². The van der Waals surface area contributed by atoms with E-state index in [9.17, 15) is 18.0 Å². The highest BCUT2D eigenvalue weighted by Crippen LogP contribution is 2.50. The van der Waals surface area contributed by atoms with Gasteiger partial charge in [0.05, 0.1) is 38.1 Å². The predicted molar refractivity (Wildman–Crippen MR) is 160 cm³/mol. The fourth-order valence-electron chi connectivity index (χ4n) is 6.39. The minimum absolute atomic E-state index is 0.0474. The lowest BCUT2D eigenvalue weighted by molar-refractivity contribution is -0.192. The molecule has 0 bridgehead atoms. The number of morpholine rings is 1. The topological polar surface area (TPSA) is 113 Å². The van der Waals surface area contributed by atoms with Gasteiger partial charge in [0.2, 0.25) is 0 Å². The summed E-state index contributed by atoms with van der Waals surface area (Å²) in [6.07, 6.45) is -1.17. The number of carbonyl (C=O) groups excluding carboxylic acids is 1. The number of likely N-dealkylation sites (tertiary alicyclic amines) is 1. The lowest BCUT2D eigenvalue weighted by atomic mass is 9.65. The fraction of sp³-hybridized carbons (Fsp3) is 0.533. The molecule has 10 nitrogen and oxygen atoms in total. The third kappa shape index (κ3) is 7.62. The number of hydrogen-bond donors (Lipinski definition) is 3. The van der Waals surface area contributed by atoms with Crippen molar-refractivity contribution in [3.63, 3.8) is 0 Å². The van der Waals surface area contributed by atoms with E-state index < -0.39 is 12.1 Å². The Morgan fingerprint density at radius 3 is 2.34 bits per heavy atom. The van der Waals surface area contributed by atoms with Crippen LogP contribution >= 0.6 is 11.6 Å².